The summed E-state index contributed by atoms with van der Waals surface area (Å²) in [7, 11) is 0. The number of hydrogen-bond acceptors (Lipinski definition) is 11. The summed E-state index contributed by atoms with van der Waals surface area (Å²) in [4.78, 5) is 128. The van der Waals surface area contributed by atoms with E-state index in [-0.39, 0.29) is 5.92 Å². The molecule has 336 valence electrons. The number of carbonyl (C=O) groups is 10. The zero-order chi connectivity index (χ0) is 46.2. The van der Waals surface area contributed by atoms with Crippen LogP contribution in [-0.2, 0) is 47.9 Å². The van der Waals surface area contributed by atoms with Gasteiger partial charge >= 0.3 is 11.9 Å². The Labute approximate surface area is 345 Å². The topological polar surface area (TPSA) is 347 Å². The number of carboxylic acid groups (broad SMARTS) is 2. The first-order valence-corrected chi connectivity index (χ1v) is 19.6. The van der Waals surface area contributed by atoms with Gasteiger partial charge in [-0.15, -0.1) is 0 Å². The molecule has 0 aliphatic carbocycles. The molecule has 0 fully saturated rings. The second-order valence-corrected chi connectivity index (χ2v) is 16.6. The van der Waals surface area contributed by atoms with Gasteiger partial charge in [-0.25, -0.2) is 0 Å². The van der Waals surface area contributed by atoms with Crippen molar-refractivity contribution in [3.8, 4) is 0 Å². The number of nitrogens with two attached hydrogens (primary N) is 2. The van der Waals surface area contributed by atoms with E-state index in [0.29, 0.717) is 0 Å². The second kappa shape index (κ2) is 24.6. The Balaban J connectivity index is 6.18. The van der Waals surface area contributed by atoms with Crippen molar-refractivity contribution in [2.24, 2.45) is 47.0 Å². The Bertz CT molecular complexity index is 1530. The monoisotopic (exact) mass is 841 g/mol. The van der Waals surface area contributed by atoms with Crippen LogP contribution in [0.25, 0.3) is 0 Å². The molecule has 59 heavy (non-hydrogen) atoms. The highest BCUT2D eigenvalue weighted by atomic mass is 16.4. The molecule has 8 amide bonds. The van der Waals surface area contributed by atoms with E-state index in [9.17, 15) is 53.1 Å². The minimum atomic E-state index is -1.74. The van der Waals surface area contributed by atoms with E-state index in [4.69, 9.17) is 16.6 Å². The minimum Gasteiger partial charge on any atom is -0.481 e. The molecule has 0 rings (SSSR count). The van der Waals surface area contributed by atoms with Gasteiger partial charge in [-0.1, -0.05) is 83.1 Å². The van der Waals surface area contributed by atoms with Crippen molar-refractivity contribution in [3.05, 3.63) is 0 Å². The lowest BCUT2D eigenvalue weighted by atomic mass is 9.96. The molecule has 21 nitrogen and oxygen atoms in total. The smallest absolute Gasteiger partial charge is 0.305 e. The fourth-order valence-electron chi connectivity index (χ4n) is 5.65. The third kappa shape index (κ3) is 18.0. The molecular weight excluding hydrogens is 774 g/mol. The number of rotatable bonds is 25. The molecule has 0 spiro atoms. The van der Waals surface area contributed by atoms with Gasteiger partial charge in [0.1, 0.15) is 42.3 Å². The van der Waals surface area contributed by atoms with E-state index >= 15 is 0 Å². The summed E-state index contributed by atoms with van der Waals surface area (Å²) >= 11 is 0. The maximum absolute atomic E-state index is 13.8. The van der Waals surface area contributed by atoms with E-state index in [2.05, 4.69) is 37.2 Å². The molecule has 0 unspecified atom stereocenters. The third-order valence-electron chi connectivity index (χ3n) is 9.25. The highest BCUT2D eigenvalue weighted by Gasteiger charge is 2.38. The van der Waals surface area contributed by atoms with Gasteiger partial charge in [0.25, 0.3) is 0 Å². The Kier molecular flexibility index (Phi) is 22.3. The maximum Gasteiger partial charge on any atom is 0.305 e. The number of aliphatic carboxylic acids is 2. The average molecular weight is 842 g/mol. The Morgan fingerprint density at radius 1 is 0.373 bits per heavy atom. The normalized spacial score (nSPS) is 15.6. The van der Waals surface area contributed by atoms with Crippen LogP contribution in [0.1, 0.15) is 95.9 Å². The Hall–Kier alpha value is -5.34. The van der Waals surface area contributed by atoms with Crippen LogP contribution in [-0.4, -0.2) is 118 Å². The van der Waals surface area contributed by atoms with Gasteiger partial charge in [-0.05, 0) is 35.5 Å². The van der Waals surface area contributed by atoms with Crippen LogP contribution < -0.4 is 48.7 Å². The van der Waals surface area contributed by atoms with E-state index < -0.39 is 150 Å². The minimum absolute atomic E-state index is 0.324. The van der Waals surface area contributed by atoms with Crippen LogP contribution >= 0.6 is 0 Å². The summed E-state index contributed by atoms with van der Waals surface area (Å²) in [5.74, 6) is -12.6. The maximum atomic E-state index is 13.8. The van der Waals surface area contributed by atoms with E-state index in [1.165, 1.54) is 0 Å². The van der Waals surface area contributed by atoms with Crippen LogP contribution in [0.15, 0.2) is 0 Å². The lowest BCUT2D eigenvalue weighted by molar-refractivity contribution is -0.142. The van der Waals surface area contributed by atoms with Gasteiger partial charge in [-0.2, -0.15) is 0 Å². The van der Waals surface area contributed by atoms with Crippen molar-refractivity contribution in [2.45, 2.75) is 144 Å². The molecule has 0 aliphatic rings. The number of carbonyl (C=O) groups excluding carboxylic acids is 8. The summed E-state index contributed by atoms with van der Waals surface area (Å²) in [6.45, 7) is 19.7. The van der Waals surface area contributed by atoms with Crippen molar-refractivity contribution >= 4 is 59.2 Å². The lowest BCUT2D eigenvalue weighted by Gasteiger charge is -2.31. The molecule has 0 aliphatic heterocycles. The van der Waals surface area contributed by atoms with Crippen molar-refractivity contribution in [3.63, 3.8) is 0 Å². The summed E-state index contributed by atoms with van der Waals surface area (Å²) in [6, 6.07) is -10.5. The third-order valence-corrected chi connectivity index (χ3v) is 9.25. The van der Waals surface area contributed by atoms with Gasteiger partial charge in [0.15, 0.2) is 0 Å². The molecule has 0 bridgehead atoms. The highest BCUT2D eigenvalue weighted by molar-refractivity contribution is 5.98. The van der Waals surface area contributed by atoms with Crippen molar-refractivity contribution in [1.29, 1.82) is 0 Å². The molecule has 8 atom stereocenters. The predicted octanol–water partition coefficient (Wildman–Crippen LogP) is -1.92. The zero-order valence-corrected chi connectivity index (χ0v) is 36.1. The summed E-state index contributed by atoms with van der Waals surface area (Å²) in [6.07, 6.45) is -1.73. The lowest BCUT2D eigenvalue weighted by Crippen LogP contribution is -2.63. The summed E-state index contributed by atoms with van der Waals surface area (Å²) in [5.41, 5.74) is 11.0. The molecule has 0 aromatic rings. The Morgan fingerprint density at radius 3 is 0.831 bits per heavy atom. The molecule has 0 heterocycles. The SMILES string of the molecule is CC(C)[C@H](NC(=O)[C@@H](NC(=O)[C@@H](NC(=O)[C@@H](NC(=O)[C@@H](NC(=O)[C@@H](NC(=O)[C@H](CC(=O)O)NC(=O)[C@@H](N)CC(=O)O)C(C)C)C(C)C)C(C)C)C(C)C)C(C)C)C(N)=O. The molecule has 0 aromatic heterocycles. The number of primary amides is 1. The first-order chi connectivity index (χ1) is 27.0. The van der Waals surface area contributed by atoms with Crippen LogP contribution in [0, 0.1) is 35.5 Å². The fourth-order valence-corrected chi connectivity index (χ4v) is 5.65. The van der Waals surface area contributed by atoms with E-state index in [1.54, 1.807) is 83.1 Å². The standard InChI is InChI=1S/C38H67N9O12/c1-15(2)25(31(40)52)42-34(55)27(17(5)6)44-36(57)29(19(9)10)46-38(59)30(20(11)12)47-37(58)28(18(7)8)45-35(56)26(16(3)4)43-33(54)22(14-24(50)51)41-32(53)21(39)13-23(48)49/h15-22,25-30H,13-14,39H2,1-12H3,(H2,40,52)(H,41,53)(H,42,55)(H,43,54)(H,44,57)(H,45,56)(H,46,59)(H,47,58)(H,48,49)(H,50,51)/t21-,22-,25-,26-,27-,28-,29-,30-/m0/s1. The molecule has 21 heteroatoms. The summed E-state index contributed by atoms with van der Waals surface area (Å²) < 4.78 is 0. The van der Waals surface area contributed by atoms with Crippen LogP contribution in [0.3, 0.4) is 0 Å². The first-order valence-electron chi connectivity index (χ1n) is 19.6. The van der Waals surface area contributed by atoms with Gasteiger partial charge in [-0.3, -0.25) is 47.9 Å². The highest BCUT2D eigenvalue weighted by Crippen LogP contribution is 2.13. The molecule has 13 N–H and O–H groups in total. The summed E-state index contributed by atoms with van der Waals surface area (Å²) in [5, 5.41) is 35.9. The zero-order valence-electron chi connectivity index (χ0n) is 36.1. The molecule has 0 aromatic carbocycles. The molecule has 0 saturated heterocycles. The van der Waals surface area contributed by atoms with Crippen molar-refractivity contribution in [1.82, 2.24) is 37.2 Å². The molecular formula is C38H67N9O12. The largest absolute Gasteiger partial charge is 0.481 e. The number of nitrogens with one attached hydrogen (secondary N) is 7. The van der Waals surface area contributed by atoms with Gasteiger partial charge < -0.3 is 58.9 Å². The fraction of sp³-hybridized carbons (Fsp3) is 0.737. The van der Waals surface area contributed by atoms with Crippen LogP contribution in [0.2, 0.25) is 0 Å². The first kappa shape index (κ1) is 53.7. The quantitative estimate of drug-likeness (QED) is 0.0478. The molecule has 0 radical (unpaired) electrons. The van der Waals surface area contributed by atoms with Gasteiger partial charge in [0, 0.05) is 0 Å². The van der Waals surface area contributed by atoms with Gasteiger partial charge in [0.2, 0.25) is 47.3 Å². The number of amides is 8. The van der Waals surface area contributed by atoms with Crippen LogP contribution in [0.5, 0.6) is 0 Å². The van der Waals surface area contributed by atoms with Gasteiger partial charge in [0.05, 0.1) is 18.9 Å². The second-order valence-electron chi connectivity index (χ2n) is 16.6. The average Bonchev–Trinajstić information content (AvgIpc) is 3.09. The molecule has 0 saturated carbocycles. The number of hydrogen-bond donors (Lipinski definition) is 11. The van der Waals surface area contributed by atoms with E-state index in [0.717, 1.165) is 0 Å². The van der Waals surface area contributed by atoms with E-state index in [1.807, 2.05) is 0 Å². The van der Waals surface area contributed by atoms with Crippen molar-refractivity contribution in [2.75, 3.05) is 0 Å². The Morgan fingerprint density at radius 2 is 0.610 bits per heavy atom. The van der Waals surface area contributed by atoms with Crippen molar-refractivity contribution < 1.29 is 58.2 Å². The van der Waals surface area contributed by atoms with Crippen LogP contribution in [0.4, 0.5) is 0 Å². The number of carboxylic acids is 2. The predicted molar refractivity (Wildman–Crippen MR) is 214 cm³/mol.